The number of nitrogens with zero attached hydrogens (tertiary/aromatic N) is 4. The van der Waals surface area contributed by atoms with Crippen LogP contribution < -0.4 is 21.1 Å². The van der Waals surface area contributed by atoms with Gasteiger partial charge < -0.3 is 25.8 Å². The summed E-state index contributed by atoms with van der Waals surface area (Å²) in [5.41, 5.74) is 11.0. The van der Waals surface area contributed by atoms with Crippen LogP contribution in [0.1, 0.15) is 60.0 Å². The normalized spacial score (nSPS) is 17.4. The number of nitrogens with two attached hydrogens (primary N) is 1. The summed E-state index contributed by atoms with van der Waals surface area (Å²) in [6, 6.07) is 15.3. The van der Waals surface area contributed by atoms with Gasteiger partial charge in [0.05, 0.1) is 12.3 Å². The Morgan fingerprint density at radius 1 is 1.09 bits per heavy atom. The highest BCUT2D eigenvalue weighted by molar-refractivity contribution is 6.01. The van der Waals surface area contributed by atoms with Crippen LogP contribution in [-0.4, -0.2) is 56.0 Å². The summed E-state index contributed by atoms with van der Waals surface area (Å²) in [6.07, 6.45) is 3.37. The van der Waals surface area contributed by atoms with E-state index in [0.29, 0.717) is 18.0 Å². The molecule has 2 aliphatic rings. The SMILES string of the molecule is Cc1nn(COC(=O)[C@@H](N)C(C)C)c(C)c1-c1ccc(NC(=O)[C@@H](NC(=O)c2ccnn2C)C2c3ccccc3OCC23CC3)cc1. The number of aromatic nitrogens is 4. The van der Waals surface area contributed by atoms with Crippen LogP contribution in [0.3, 0.4) is 0 Å². The van der Waals surface area contributed by atoms with Crippen molar-refractivity contribution in [2.24, 2.45) is 24.1 Å². The topological polar surface area (TPSA) is 155 Å². The third-order valence-corrected chi connectivity index (χ3v) is 9.42. The molecule has 1 spiro atoms. The number of rotatable bonds is 10. The minimum absolute atomic E-state index is 0.0348. The van der Waals surface area contributed by atoms with E-state index >= 15 is 0 Å². The first-order valence-corrected chi connectivity index (χ1v) is 15.9. The van der Waals surface area contributed by atoms with Crippen molar-refractivity contribution in [1.29, 1.82) is 0 Å². The smallest absolute Gasteiger partial charge is 0.324 e. The van der Waals surface area contributed by atoms with Gasteiger partial charge in [-0.3, -0.25) is 19.1 Å². The van der Waals surface area contributed by atoms with Gasteiger partial charge in [0.2, 0.25) is 5.91 Å². The lowest BCUT2D eigenvalue weighted by Crippen LogP contribution is -2.52. The Hall–Kier alpha value is -4.97. The van der Waals surface area contributed by atoms with Crippen LogP contribution in [0, 0.1) is 25.2 Å². The van der Waals surface area contributed by atoms with Crippen LogP contribution in [0.5, 0.6) is 5.75 Å². The second-order valence-electron chi connectivity index (χ2n) is 12.9. The number of carbonyl (C=O) groups is 3. The largest absolute Gasteiger partial charge is 0.493 e. The van der Waals surface area contributed by atoms with Crippen molar-refractivity contribution in [3.63, 3.8) is 0 Å². The summed E-state index contributed by atoms with van der Waals surface area (Å²) < 4.78 is 14.6. The van der Waals surface area contributed by atoms with E-state index in [1.165, 1.54) is 4.68 Å². The second kappa shape index (κ2) is 12.7. The molecule has 1 fully saturated rings. The van der Waals surface area contributed by atoms with Crippen LogP contribution in [-0.2, 0) is 28.1 Å². The summed E-state index contributed by atoms with van der Waals surface area (Å²) in [5, 5.41) is 14.8. The predicted molar refractivity (Wildman–Crippen MR) is 175 cm³/mol. The quantitative estimate of drug-likeness (QED) is 0.219. The Balaban J connectivity index is 1.23. The Kier molecular flexibility index (Phi) is 8.63. The molecule has 1 unspecified atom stereocenters. The molecule has 0 bridgehead atoms. The van der Waals surface area contributed by atoms with E-state index in [-0.39, 0.29) is 35.8 Å². The van der Waals surface area contributed by atoms with Gasteiger partial charge in [0.25, 0.3) is 5.91 Å². The number of amides is 2. The molecule has 2 aromatic heterocycles. The fraction of sp³-hybridized carbons (Fsp3) is 0.400. The number of ether oxygens (including phenoxy) is 2. The fourth-order valence-corrected chi connectivity index (χ4v) is 6.44. The van der Waals surface area contributed by atoms with Gasteiger partial charge in [0.1, 0.15) is 23.5 Å². The molecule has 0 radical (unpaired) electrons. The van der Waals surface area contributed by atoms with Gasteiger partial charge in [-0.05, 0) is 62.4 Å². The number of aryl methyl sites for hydroxylation is 2. The fourth-order valence-electron chi connectivity index (χ4n) is 6.44. The number of carbonyl (C=O) groups excluding carboxylic acids is 3. The lowest BCUT2D eigenvalue weighted by atomic mass is 9.76. The summed E-state index contributed by atoms with van der Waals surface area (Å²) in [6.45, 7) is 7.99. The molecule has 1 aliphatic carbocycles. The van der Waals surface area contributed by atoms with Crippen molar-refractivity contribution in [3.05, 3.63) is 83.4 Å². The van der Waals surface area contributed by atoms with Gasteiger partial charge in [-0.25, -0.2) is 4.68 Å². The van der Waals surface area contributed by atoms with Crippen molar-refractivity contribution >= 4 is 23.5 Å². The third kappa shape index (κ3) is 6.25. The molecule has 2 amide bonds. The van der Waals surface area contributed by atoms with Crippen LogP contribution >= 0.6 is 0 Å². The molecule has 3 atom stereocenters. The van der Waals surface area contributed by atoms with E-state index in [2.05, 4.69) is 20.8 Å². The standard InChI is InChI=1S/C35H41N7O5/c1-20(2)30(36)34(45)47-19-42-22(4)28(21(3)40-42)23-10-12-24(13-11-23)38-33(44)31(39-32(43)26-14-17-37-41(26)5)29-25-8-6-7-9-27(25)46-18-35(29)15-16-35/h6-14,17,20,29-31H,15-16,18-19,36H2,1-5H3,(H,38,44)(H,39,43)/t29?,30-,31-/m0/s1. The van der Waals surface area contributed by atoms with E-state index in [0.717, 1.165) is 46.7 Å². The molecular weight excluding hydrogens is 598 g/mol. The van der Waals surface area contributed by atoms with Crippen molar-refractivity contribution in [3.8, 4) is 16.9 Å². The van der Waals surface area contributed by atoms with E-state index in [1.54, 1.807) is 24.0 Å². The van der Waals surface area contributed by atoms with Crippen LogP contribution in [0.25, 0.3) is 11.1 Å². The minimum atomic E-state index is -0.862. The molecule has 4 aromatic rings. The number of esters is 1. The zero-order valence-electron chi connectivity index (χ0n) is 27.3. The van der Waals surface area contributed by atoms with Gasteiger partial charge in [-0.15, -0.1) is 0 Å². The Morgan fingerprint density at radius 2 is 1.81 bits per heavy atom. The van der Waals surface area contributed by atoms with Crippen LogP contribution in [0.15, 0.2) is 60.8 Å². The zero-order valence-corrected chi connectivity index (χ0v) is 27.3. The maximum atomic E-state index is 14.2. The number of hydrogen-bond acceptors (Lipinski definition) is 8. The molecule has 3 heterocycles. The van der Waals surface area contributed by atoms with Gasteiger partial charge in [0.15, 0.2) is 6.73 Å². The van der Waals surface area contributed by atoms with Gasteiger partial charge in [-0.2, -0.15) is 10.2 Å². The number of hydrogen-bond donors (Lipinski definition) is 3. The molecule has 1 aliphatic heterocycles. The summed E-state index contributed by atoms with van der Waals surface area (Å²) in [4.78, 5) is 39.9. The molecule has 4 N–H and O–H groups in total. The predicted octanol–water partition coefficient (Wildman–Crippen LogP) is 4.08. The van der Waals surface area contributed by atoms with Gasteiger partial charge >= 0.3 is 5.97 Å². The van der Waals surface area contributed by atoms with E-state index in [9.17, 15) is 14.4 Å². The molecule has 0 saturated heterocycles. The molecule has 246 valence electrons. The lowest BCUT2D eigenvalue weighted by molar-refractivity contribution is -0.150. The molecule has 12 nitrogen and oxygen atoms in total. The highest BCUT2D eigenvalue weighted by Gasteiger charge is 2.57. The average Bonchev–Trinajstić information content (AvgIpc) is 3.59. The van der Waals surface area contributed by atoms with Crippen molar-refractivity contribution in [2.75, 3.05) is 11.9 Å². The van der Waals surface area contributed by atoms with Crippen molar-refractivity contribution in [1.82, 2.24) is 24.9 Å². The van der Waals surface area contributed by atoms with E-state index < -0.39 is 18.1 Å². The first kappa shape index (κ1) is 32.0. The number of anilines is 1. The Bertz CT molecular complexity index is 1800. The molecule has 12 heteroatoms. The average molecular weight is 640 g/mol. The second-order valence-corrected chi connectivity index (χ2v) is 12.9. The summed E-state index contributed by atoms with van der Waals surface area (Å²) in [7, 11) is 1.69. The Labute approximate surface area is 273 Å². The number of nitrogens with one attached hydrogen (secondary N) is 2. The summed E-state index contributed by atoms with van der Waals surface area (Å²) in [5.74, 6) is -0.740. The minimum Gasteiger partial charge on any atom is -0.493 e. The van der Waals surface area contributed by atoms with Crippen LogP contribution in [0.2, 0.25) is 0 Å². The maximum absolute atomic E-state index is 14.2. The first-order chi connectivity index (χ1) is 22.5. The van der Waals surface area contributed by atoms with E-state index in [4.69, 9.17) is 15.2 Å². The van der Waals surface area contributed by atoms with Gasteiger partial charge in [-0.1, -0.05) is 44.2 Å². The Morgan fingerprint density at radius 3 is 2.47 bits per heavy atom. The monoisotopic (exact) mass is 639 g/mol. The van der Waals surface area contributed by atoms with Crippen molar-refractivity contribution < 1.29 is 23.9 Å². The number of benzene rings is 2. The number of fused-ring (bicyclic) bond motifs is 1. The first-order valence-electron chi connectivity index (χ1n) is 15.9. The molecule has 6 rings (SSSR count). The molecule has 47 heavy (non-hydrogen) atoms. The highest BCUT2D eigenvalue weighted by Crippen LogP contribution is 2.61. The van der Waals surface area contributed by atoms with Crippen LogP contribution in [0.4, 0.5) is 5.69 Å². The van der Waals surface area contributed by atoms with Crippen molar-refractivity contribution in [2.45, 2.75) is 65.3 Å². The van der Waals surface area contributed by atoms with Gasteiger partial charge in [0, 0.05) is 47.1 Å². The third-order valence-electron chi connectivity index (χ3n) is 9.42. The number of para-hydroxylation sites is 1. The molecule has 2 aromatic carbocycles. The zero-order chi connectivity index (χ0) is 33.5. The van der Waals surface area contributed by atoms with E-state index in [1.807, 2.05) is 76.2 Å². The highest BCUT2D eigenvalue weighted by atomic mass is 16.5. The molecular formula is C35H41N7O5. The lowest BCUT2D eigenvalue weighted by Gasteiger charge is -2.38. The summed E-state index contributed by atoms with van der Waals surface area (Å²) >= 11 is 0. The maximum Gasteiger partial charge on any atom is 0.324 e. The molecule has 1 saturated carbocycles.